The van der Waals surface area contributed by atoms with E-state index in [9.17, 15) is 14.0 Å². The first-order valence-corrected chi connectivity index (χ1v) is 15.3. The Morgan fingerprint density at radius 1 is 1.07 bits per heavy atom. The zero-order valence-electron chi connectivity index (χ0n) is 25.2. The number of halogens is 2. The smallest absolute Gasteiger partial charge is 0.254 e. The van der Waals surface area contributed by atoms with Gasteiger partial charge in [-0.25, -0.2) is 18.7 Å². The average Bonchev–Trinajstić information content (AvgIpc) is 3.73. The summed E-state index contributed by atoms with van der Waals surface area (Å²) in [6, 6.07) is 8.61. The molecular formula is C33H37F2N7O2. The van der Waals surface area contributed by atoms with Gasteiger partial charge < -0.3 is 20.4 Å². The third-order valence-electron chi connectivity index (χ3n) is 8.92. The van der Waals surface area contributed by atoms with Gasteiger partial charge in [-0.15, -0.1) is 0 Å². The molecular weight excluding hydrogens is 564 g/mol. The van der Waals surface area contributed by atoms with E-state index >= 15 is 4.39 Å². The van der Waals surface area contributed by atoms with Crippen molar-refractivity contribution in [2.45, 2.75) is 52.0 Å². The number of anilines is 2. The van der Waals surface area contributed by atoms with Gasteiger partial charge in [-0.2, -0.15) is 0 Å². The molecule has 0 spiro atoms. The number of amides is 2. The molecule has 4 heterocycles. The number of nitrogens with zero attached hydrogens (tertiary/aromatic N) is 5. The van der Waals surface area contributed by atoms with Gasteiger partial charge in [0.15, 0.2) is 23.1 Å². The highest BCUT2D eigenvalue weighted by molar-refractivity contribution is 5.96. The lowest BCUT2D eigenvalue weighted by atomic mass is 9.96. The highest BCUT2D eigenvalue weighted by Crippen LogP contribution is 2.32. The fourth-order valence-electron chi connectivity index (χ4n) is 6.10. The number of benzene rings is 2. The number of carbonyl (C=O) groups is 2. The summed E-state index contributed by atoms with van der Waals surface area (Å²) in [6.07, 6.45) is 7.33. The molecule has 4 aromatic rings. The van der Waals surface area contributed by atoms with Gasteiger partial charge in [0.05, 0.1) is 17.9 Å². The predicted octanol–water partition coefficient (Wildman–Crippen LogP) is 5.28. The Labute approximate surface area is 255 Å². The maximum atomic E-state index is 15.2. The van der Waals surface area contributed by atoms with E-state index in [0.29, 0.717) is 66.6 Å². The second kappa shape index (κ2) is 12.3. The quantitative estimate of drug-likeness (QED) is 0.300. The lowest BCUT2D eigenvalue weighted by Gasteiger charge is -2.36. The van der Waals surface area contributed by atoms with E-state index in [4.69, 9.17) is 0 Å². The van der Waals surface area contributed by atoms with Gasteiger partial charge in [0, 0.05) is 55.4 Å². The summed E-state index contributed by atoms with van der Waals surface area (Å²) in [6.45, 7) is 8.62. The van der Waals surface area contributed by atoms with E-state index in [1.54, 1.807) is 39.9 Å². The Morgan fingerprint density at radius 2 is 1.84 bits per heavy atom. The van der Waals surface area contributed by atoms with Crippen molar-refractivity contribution in [3.63, 3.8) is 0 Å². The number of nitrogens with one attached hydrogen (secondary N) is 2. The van der Waals surface area contributed by atoms with Gasteiger partial charge in [-0.1, -0.05) is 19.9 Å². The van der Waals surface area contributed by atoms with Gasteiger partial charge in [0.1, 0.15) is 0 Å². The van der Waals surface area contributed by atoms with Crippen LogP contribution in [-0.4, -0.2) is 74.7 Å². The van der Waals surface area contributed by atoms with Crippen LogP contribution in [0.3, 0.4) is 0 Å². The standard InChI is InChI=1S/C33H37F2N7O2/c1-4-20(2)23-9-10-25(29(35)28(23)34)27-19-38-31-30(37-12-13-42(27)31)39-22-7-8-24(21(3)18-22)32(43)40-14-16-41(17-15-40)33(44)26-6-5-11-36-26/h7-10,12-13,18-20,26,36H,4-6,11,14-17H2,1-3H3,(H,37,39). The minimum atomic E-state index is -0.898. The third-order valence-corrected chi connectivity index (χ3v) is 8.92. The molecule has 0 saturated carbocycles. The molecule has 2 aliphatic rings. The van der Waals surface area contributed by atoms with E-state index < -0.39 is 11.6 Å². The average molecular weight is 602 g/mol. The van der Waals surface area contributed by atoms with E-state index in [1.165, 1.54) is 6.20 Å². The van der Waals surface area contributed by atoms with Crippen LogP contribution < -0.4 is 10.6 Å². The van der Waals surface area contributed by atoms with E-state index in [0.717, 1.165) is 24.9 Å². The maximum Gasteiger partial charge on any atom is 0.254 e. The monoisotopic (exact) mass is 601 g/mol. The lowest BCUT2D eigenvalue weighted by molar-refractivity contribution is -0.134. The maximum absolute atomic E-state index is 15.2. The van der Waals surface area contributed by atoms with Gasteiger partial charge in [0.25, 0.3) is 5.91 Å². The summed E-state index contributed by atoms with van der Waals surface area (Å²) < 4.78 is 31.8. The molecule has 2 N–H and O–H groups in total. The fourth-order valence-corrected chi connectivity index (χ4v) is 6.10. The molecule has 2 saturated heterocycles. The van der Waals surface area contributed by atoms with Crippen LogP contribution in [0.2, 0.25) is 0 Å². The molecule has 0 aliphatic carbocycles. The normalized spacial score (nSPS) is 17.7. The minimum absolute atomic E-state index is 0.0631. The first kappa shape index (κ1) is 29.7. The van der Waals surface area contributed by atoms with Gasteiger partial charge in [-0.05, 0) is 74.0 Å². The van der Waals surface area contributed by atoms with Crippen LogP contribution in [-0.2, 0) is 4.79 Å². The SMILES string of the molecule is CCC(C)c1ccc(-c2cnc3c(Nc4ccc(C(=O)N5CCN(C(=O)C6CCCN6)CC5)c(C)c4)nccn23)c(F)c1F. The number of aromatic nitrogens is 3. The Bertz CT molecular complexity index is 1710. The molecule has 6 rings (SSSR count). The molecule has 2 unspecified atom stereocenters. The van der Waals surface area contributed by atoms with Crippen molar-refractivity contribution in [3.8, 4) is 11.3 Å². The summed E-state index contributed by atoms with van der Waals surface area (Å²) in [5, 5.41) is 6.52. The number of hydrogen-bond acceptors (Lipinski definition) is 6. The second-order valence-corrected chi connectivity index (χ2v) is 11.7. The molecule has 2 aromatic carbocycles. The first-order chi connectivity index (χ1) is 21.3. The molecule has 0 bridgehead atoms. The van der Waals surface area contributed by atoms with Crippen LogP contribution >= 0.6 is 0 Å². The summed E-state index contributed by atoms with van der Waals surface area (Å²) in [5.41, 5.74) is 3.45. The van der Waals surface area contributed by atoms with E-state index in [2.05, 4.69) is 20.6 Å². The first-order valence-electron chi connectivity index (χ1n) is 15.3. The number of imidazole rings is 1. The van der Waals surface area contributed by atoms with E-state index in [-0.39, 0.29) is 29.3 Å². The molecule has 44 heavy (non-hydrogen) atoms. The number of carbonyl (C=O) groups excluding carboxylic acids is 2. The predicted molar refractivity (Wildman–Crippen MR) is 165 cm³/mol. The van der Waals surface area contributed by atoms with E-state index in [1.807, 2.05) is 37.8 Å². The van der Waals surface area contributed by atoms with Crippen molar-refractivity contribution < 1.29 is 18.4 Å². The summed E-state index contributed by atoms with van der Waals surface area (Å²) in [5.74, 6) is -1.32. The molecule has 230 valence electrons. The Kier molecular flexibility index (Phi) is 8.31. The summed E-state index contributed by atoms with van der Waals surface area (Å²) in [4.78, 5) is 38.6. The van der Waals surface area contributed by atoms with Crippen LogP contribution in [0.25, 0.3) is 16.9 Å². The van der Waals surface area contributed by atoms with Crippen molar-refractivity contribution in [2.75, 3.05) is 38.0 Å². The number of aryl methyl sites for hydroxylation is 1. The number of rotatable bonds is 7. The number of hydrogen-bond donors (Lipinski definition) is 2. The topological polar surface area (TPSA) is 94.9 Å². The zero-order chi connectivity index (χ0) is 31.0. The van der Waals surface area contributed by atoms with Gasteiger partial charge in [-0.3, -0.25) is 14.0 Å². The summed E-state index contributed by atoms with van der Waals surface area (Å²) >= 11 is 0. The Hall–Kier alpha value is -4.38. The molecule has 11 heteroatoms. The molecule has 2 aromatic heterocycles. The van der Waals surface area contributed by atoms with Crippen LogP contribution in [0.1, 0.15) is 60.5 Å². The van der Waals surface area contributed by atoms with Crippen LogP contribution in [0.4, 0.5) is 20.3 Å². The van der Waals surface area contributed by atoms with Crippen LogP contribution in [0.5, 0.6) is 0 Å². The van der Waals surface area contributed by atoms with Crippen molar-refractivity contribution in [1.29, 1.82) is 0 Å². The lowest BCUT2D eigenvalue weighted by Crippen LogP contribution is -2.54. The van der Waals surface area contributed by atoms with Crippen LogP contribution in [0.15, 0.2) is 48.9 Å². The third kappa shape index (κ3) is 5.52. The summed E-state index contributed by atoms with van der Waals surface area (Å²) in [7, 11) is 0. The van der Waals surface area contributed by atoms with Crippen LogP contribution in [0, 0.1) is 18.6 Å². The number of fused-ring (bicyclic) bond motifs is 1. The highest BCUT2D eigenvalue weighted by atomic mass is 19.2. The Balaban J connectivity index is 1.17. The van der Waals surface area contributed by atoms with Crippen molar-refractivity contribution in [1.82, 2.24) is 29.5 Å². The highest BCUT2D eigenvalue weighted by Gasteiger charge is 2.31. The van der Waals surface area contributed by atoms with Gasteiger partial charge in [0.2, 0.25) is 5.91 Å². The molecule has 0 radical (unpaired) electrons. The zero-order valence-corrected chi connectivity index (χ0v) is 25.2. The molecule has 2 amide bonds. The largest absolute Gasteiger partial charge is 0.338 e. The number of piperazine rings is 1. The minimum Gasteiger partial charge on any atom is -0.338 e. The van der Waals surface area contributed by atoms with Crippen molar-refractivity contribution in [3.05, 3.63) is 77.2 Å². The van der Waals surface area contributed by atoms with Crippen molar-refractivity contribution >= 4 is 29.0 Å². The molecule has 9 nitrogen and oxygen atoms in total. The van der Waals surface area contributed by atoms with Gasteiger partial charge >= 0.3 is 0 Å². The second-order valence-electron chi connectivity index (χ2n) is 11.7. The Morgan fingerprint density at radius 3 is 2.55 bits per heavy atom. The molecule has 2 atom stereocenters. The fraction of sp³-hybridized carbons (Fsp3) is 0.394. The molecule has 2 fully saturated rings. The van der Waals surface area contributed by atoms with Crippen molar-refractivity contribution in [2.24, 2.45) is 0 Å². The molecule has 2 aliphatic heterocycles.